The van der Waals surface area contributed by atoms with Gasteiger partial charge in [-0.3, -0.25) is 4.57 Å². The summed E-state index contributed by atoms with van der Waals surface area (Å²) in [5.41, 5.74) is 5.01. The molecule has 0 fully saturated rings. The molecule has 0 aliphatic rings. The van der Waals surface area contributed by atoms with E-state index in [0.29, 0.717) is 6.61 Å². The van der Waals surface area contributed by atoms with Crippen molar-refractivity contribution in [1.82, 2.24) is 19.7 Å². The number of nitrogens with zero attached hydrogens (tertiary/aromatic N) is 4. The van der Waals surface area contributed by atoms with Crippen molar-refractivity contribution >= 4 is 23.1 Å². The monoisotopic (exact) mass is 394 g/mol. The standard InChI is InChI=1S/C20H18N4OS2/c1-15-7-5-6-10-18(15)25-11-19-22-23-20(27-13-16-12-26-14-21-16)24(19)17-8-3-2-4-9-17/h2-10,12,14H,11,13H2,1H3. The number of hydrogen-bond acceptors (Lipinski definition) is 6. The Morgan fingerprint density at radius 1 is 1.04 bits per heavy atom. The van der Waals surface area contributed by atoms with Crippen molar-refractivity contribution in [2.24, 2.45) is 0 Å². The lowest BCUT2D eigenvalue weighted by Crippen LogP contribution is -2.07. The molecule has 0 atom stereocenters. The highest BCUT2D eigenvalue weighted by molar-refractivity contribution is 7.98. The van der Waals surface area contributed by atoms with Gasteiger partial charge in [-0.2, -0.15) is 0 Å². The minimum absolute atomic E-state index is 0.351. The van der Waals surface area contributed by atoms with Gasteiger partial charge in [-0.1, -0.05) is 48.2 Å². The molecule has 0 bridgehead atoms. The molecule has 0 amide bonds. The summed E-state index contributed by atoms with van der Waals surface area (Å²) >= 11 is 3.22. The Bertz CT molecular complexity index is 1000. The molecule has 2 aromatic heterocycles. The second-order valence-electron chi connectivity index (χ2n) is 5.89. The first-order valence-corrected chi connectivity index (χ1v) is 10.4. The van der Waals surface area contributed by atoms with Crippen LogP contribution in [0.1, 0.15) is 17.1 Å². The molecule has 136 valence electrons. The van der Waals surface area contributed by atoms with Gasteiger partial charge in [0, 0.05) is 16.8 Å². The van der Waals surface area contributed by atoms with Gasteiger partial charge in [0.25, 0.3) is 0 Å². The van der Waals surface area contributed by atoms with E-state index in [1.807, 2.05) is 67.0 Å². The Kier molecular flexibility index (Phi) is 5.50. The Morgan fingerprint density at radius 3 is 2.63 bits per heavy atom. The van der Waals surface area contributed by atoms with Crippen molar-refractivity contribution in [2.75, 3.05) is 0 Å². The molecule has 0 aliphatic heterocycles. The number of hydrogen-bond donors (Lipinski definition) is 0. The minimum Gasteiger partial charge on any atom is -0.485 e. The third-order valence-corrected chi connectivity index (χ3v) is 5.60. The number of thioether (sulfide) groups is 1. The Balaban J connectivity index is 1.60. The molecule has 5 nitrogen and oxygen atoms in total. The van der Waals surface area contributed by atoms with E-state index in [2.05, 4.69) is 25.1 Å². The van der Waals surface area contributed by atoms with Crippen LogP contribution in [0, 0.1) is 6.92 Å². The van der Waals surface area contributed by atoms with Crippen LogP contribution in [0.15, 0.2) is 70.6 Å². The van der Waals surface area contributed by atoms with E-state index in [1.165, 1.54) is 0 Å². The molecule has 0 saturated heterocycles. The van der Waals surface area contributed by atoms with Crippen molar-refractivity contribution < 1.29 is 4.74 Å². The summed E-state index contributed by atoms with van der Waals surface area (Å²) < 4.78 is 8.06. The van der Waals surface area contributed by atoms with Gasteiger partial charge in [0.15, 0.2) is 11.0 Å². The Hall–Kier alpha value is -2.64. The third kappa shape index (κ3) is 4.20. The number of para-hydroxylation sites is 2. The van der Waals surface area contributed by atoms with Crippen LogP contribution in [-0.4, -0.2) is 19.7 Å². The molecule has 0 spiro atoms. The van der Waals surface area contributed by atoms with Gasteiger partial charge in [-0.25, -0.2) is 4.98 Å². The maximum atomic E-state index is 6.01. The normalized spacial score (nSPS) is 10.9. The van der Waals surface area contributed by atoms with Crippen LogP contribution in [-0.2, 0) is 12.4 Å². The van der Waals surface area contributed by atoms with E-state index in [0.717, 1.165) is 39.4 Å². The highest BCUT2D eigenvalue weighted by Gasteiger charge is 2.15. The number of rotatable bonds is 7. The van der Waals surface area contributed by atoms with Gasteiger partial charge in [0.1, 0.15) is 12.4 Å². The molecule has 0 unspecified atom stereocenters. The van der Waals surface area contributed by atoms with E-state index in [9.17, 15) is 0 Å². The van der Waals surface area contributed by atoms with E-state index in [4.69, 9.17) is 4.74 Å². The smallest absolute Gasteiger partial charge is 0.196 e. The third-order valence-electron chi connectivity index (χ3n) is 4.00. The number of benzene rings is 2. The number of aromatic nitrogens is 4. The van der Waals surface area contributed by atoms with Gasteiger partial charge in [-0.15, -0.1) is 21.5 Å². The topological polar surface area (TPSA) is 52.8 Å². The SMILES string of the molecule is Cc1ccccc1OCc1nnc(SCc2cscn2)n1-c1ccccc1. The fourth-order valence-electron chi connectivity index (χ4n) is 2.63. The molecule has 0 saturated carbocycles. The maximum Gasteiger partial charge on any atom is 0.196 e. The summed E-state index contributed by atoms with van der Waals surface area (Å²) in [4.78, 5) is 4.34. The highest BCUT2D eigenvalue weighted by atomic mass is 32.2. The number of thiazole rings is 1. The molecule has 7 heteroatoms. The van der Waals surface area contributed by atoms with E-state index >= 15 is 0 Å². The molecule has 27 heavy (non-hydrogen) atoms. The predicted octanol–water partition coefficient (Wildman–Crippen LogP) is 4.90. The highest BCUT2D eigenvalue weighted by Crippen LogP contribution is 2.26. The molecule has 0 radical (unpaired) electrons. The van der Waals surface area contributed by atoms with Crippen LogP contribution in [0.25, 0.3) is 5.69 Å². The van der Waals surface area contributed by atoms with Crippen molar-refractivity contribution in [3.8, 4) is 11.4 Å². The van der Waals surface area contributed by atoms with Crippen LogP contribution < -0.4 is 4.74 Å². The summed E-state index contributed by atoms with van der Waals surface area (Å²) in [6.07, 6.45) is 0. The lowest BCUT2D eigenvalue weighted by Gasteiger charge is -2.12. The lowest BCUT2D eigenvalue weighted by molar-refractivity contribution is 0.291. The quantitative estimate of drug-likeness (QED) is 0.417. The zero-order valence-electron chi connectivity index (χ0n) is 14.8. The Morgan fingerprint density at radius 2 is 1.85 bits per heavy atom. The molecule has 4 aromatic rings. The minimum atomic E-state index is 0.351. The fourth-order valence-corrected chi connectivity index (χ4v) is 4.17. The molecular weight excluding hydrogens is 376 g/mol. The van der Waals surface area contributed by atoms with Gasteiger partial charge in [0.2, 0.25) is 0 Å². The Labute approximate surface area is 166 Å². The second-order valence-corrected chi connectivity index (χ2v) is 7.55. The average Bonchev–Trinajstić information content (AvgIpc) is 3.36. The van der Waals surface area contributed by atoms with E-state index in [-0.39, 0.29) is 0 Å². The molecule has 0 aliphatic carbocycles. The van der Waals surface area contributed by atoms with Crippen molar-refractivity contribution in [2.45, 2.75) is 24.4 Å². The lowest BCUT2D eigenvalue weighted by atomic mass is 10.2. The zero-order valence-corrected chi connectivity index (χ0v) is 16.4. The van der Waals surface area contributed by atoms with Crippen molar-refractivity contribution in [3.05, 3.63) is 82.6 Å². The number of aryl methyl sites for hydroxylation is 1. The van der Waals surface area contributed by atoms with Crippen molar-refractivity contribution in [3.63, 3.8) is 0 Å². The first-order chi connectivity index (χ1) is 13.3. The van der Waals surface area contributed by atoms with Gasteiger partial charge >= 0.3 is 0 Å². The molecule has 2 aromatic carbocycles. The summed E-state index contributed by atoms with van der Waals surface area (Å²) in [7, 11) is 0. The first-order valence-electron chi connectivity index (χ1n) is 8.49. The molecule has 4 rings (SSSR count). The van der Waals surface area contributed by atoms with Crippen LogP contribution in [0.2, 0.25) is 0 Å². The predicted molar refractivity (Wildman–Crippen MR) is 109 cm³/mol. The molecule has 0 N–H and O–H groups in total. The van der Waals surface area contributed by atoms with Gasteiger partial charge in [0.05, 0.1) is 11.2 Å². The van der Waals surface area contributed by atoms with Crippen molar-refractivity contribution in [1.29, 1.82) is 0 Å². The summed E-state index contributed by atoms with van der Waals surface area (Å²) in [6, 6.07) is 18.1. The summed E-state index contributed by atoms with van der Waals surface area (Å²) in [5.74, 6) is 2.38. The van der Waals surface area contributed by atoms with Crippen LogP contribution in [0.3, 0.4) is 0 Å². The maximum absolute atomic E-state index is 6.01. The largest absolute Gasteiger partial charge is 0.485 e. The van der Waals surface area contributed by atoms with Crippen LogP contribution >= 0.6 is 23.1 Å². The van der Waals surface area contributed by atoms with E-state index in [1.54, 1.807) is 23.1 Å². The first kappa shape index (κ1) is 17.8. The zero-order chi connectivity index (χ0) is 18.5. The van der Waals surface area contributed by atoms with Gasteiger partial charge in [-0.05, 0) is 30.7 Å². The summed E-state index contributed by atoms with van der Waals surface area (Å²) in [6.45, 7) is 2.39. The van der Waals surface area contributed by atoms with Gasteiger partial charge < -0.3 is 4.74 Å². The summed E-state index contributed by atoms with van der Waals surface area (Å²) in [5, 5.41) is 11.7. The second kappa shape index (κ2) is 8.37. The van der Waals surface area contributed by atoms with Crippen LogP contribution in [0.4, 0.5) is 0 Å². The molecule has 2 heterocycles. The number of ether oxygens (including phenoxy) is 1. The fraction of sp³-hybridized carbons (Fsp3) is 0.150. The average molecular weight is 395 g/mol. The molecular formula is C20H18N4OS2. The van der Waals surface area contributed by atoms with Crippen LogP contribution in [0.5, 0.6) is 5.75 Å². The van der Waals surface area contributed by atoms with E-state index < -0.39 is 0 Å².